The largest absolute Gasteiger partial charge is 0.398 e. The minimum atomic E-state index is -0.287. The summed E-state index contributed by atoms with van der Waals surface area (Å²) in [5, 5.41) is 2.58. The van der Waals surface area contributed by atoms with Crippen molar-refractivity contribution in [3.05, 3.63) is 36.7 Å². The van der Waals surface area contributed by atoms with Crippen LogP contribution in [0.4, 0.5) is 5.69 Å². The average Bonchev–Trinajstić information content (AvgIpc) is 2.15. The summed E-state index contributed by atoms with van der Waals surface area (Å²) in [6.45, 7) is 3.88. The van der Waals surface area contributed by atoms with Crippen molar-refractivity contribution in [1.82, 2.24) is 10.3 Å². The molecule has 1 aromatic heterocycles. The smallest absolute Gasteiger partial charge is 0.255 e. The Bertz CT molecular complexity index is 322. The number of carbonyl (C=O) groups is 1. The Hall–Kier alpha value is -1.84. The Kier molecular flexibility index (Phi) is 3.03. The summed E-state index contributed by atoms with van der Waals surface area (Å²) in [6.07, 6.45) is 5.60. The minimum Gasteiger partial charge on any atom is -0.398 e. The summed E-state index contributed by atoms with van der Waals surface area (Å²) >= 11 is 0. The van der Waals surface area contributed by atoms with E-state index in [0.29, 0.717) is 12.2 Å². The van der Waals surface area contributed by atoms with Crippen molar-refractivity contribution in [2.75, 3.05) is 12.3 Å². The van der Waals surface area contributed by atoms with Crippen molar-refractivity contribution >= 4 is 11.6 Å². The van der Waals surface area contributed by atoms with Crippen molar-refractivity contribution in [1.29, 1.82) is 0 Å². The van der Waals surface area contributed by atoms with E-state index < -0.39 is 0 Å². The van der Waals surface area contributed by atoms with Gasteiger partial charge in [-0.2, -0.15) is 0 Å². The minimum absolute atomic E-state index is 0.268. The summed E-state index contributed by atoms with van der Waals surface area (Å²) in [4.78, 5) is 15.0. The lowest BCUT2D eigenvalue weighted by Gasteiger charge is -2.03. The predicted octanol–water partition coefficient (Wildman–Crippen LogP) is 0.380. The van der Waals surface area contributed by atoms with E-state index >= 15 is 0 Å². The number of amides is 1. The predicted molar refractivity (Wildman–Crippen MR) is 50.0 cm³/mol. The molecule has 1 heterocycles. The van der Waals surface area contributed by atoms with Gasteiger partial charge in [0, 0.05) is 18.4 Å². The molecule has 0 aromatic carbocycles. The third kappa shape index (κ3) is 2.30. The molecule has 0 saturated heterocycles. The van der Waals surface area contributed by atoms with E-state index in [0.717, 1.165) is 0 Å². The van der Waals surface area contributed by atoms with Crippen molar-refractivity contribution in [2.24, 2.45) is 0 Å². The van der Waals surface area contributed by atoms with Crippen LogP contribution >= 0.6 is 0 Å². The number of nitrogen functional groups attached to an aromatic ring is 1. The zero-order valence-corrected chi connectivity index (χ0v) is 7.08. The topological polar surface area (TPSA) is 68.0 Å². The summed E-state index contributed by atoms with van der Waals surface area (Å²) in [6, 6.07) is 1.55. The van der Waals surface area contributed by atoms with Crippen LogP contribution in [0, 0.1) is 6.20 Å². The zero-order chi connectivity index (χ0) is 9.68. The zero-order valence-electron chi connectivity index (χ0n) is 7.08. The molecule has 13 heavy (non-hydrogen) atoms. The van der Waals surface area contributed by atoms with E-state index in [9.17, 15) is 4.79 Å². The Morgan fingerprint density at radius 3 is 3.23 bits per heavy atom. The highest BCUT2D eigenvalue weighted by Crippen LogP contribution is 2.06. The lowest BCUT2D eigenvalue weighted by molar-refractivity contribution is 0.0958. The van der Waals surface area contributed by atoms with Gasteiger partial charge in [-0.3, -0.25) is 9.78 Å². The van der Waals surface area contributed by atoms with Gasteiger partial charge in [0.1, 0.15) is 6.20 Å². The number of anilines is 1. The third-order valence-electron chi connectivity index (χ3n) is 1.43. The molecular weight excluding hydrogens is 166 g/mol. The second kappa shape index (κ2) is 4.25. The summed E-state index contributed by atoms with van der Waals surface area (Å²) in [7, 11) is 0. The fourth-order valence-corrected chi connectivity index (χ4v) is 0.802. The maximum absolute atomic E-state index is 11.3. The van der Waals surface area contributed by atoms with Crippen LogP contribution in [0.3, 0.4) is 0 Å². The van der Waals surface area contributed by atoms with E-state index in [1.165, 1.54) is 6.20 Å². The quantitative estimate of drug-likeness (QED) is 0.654. The second-order valence-electron chi connectivity index (χ2n) is 2.39. The molecular formula is C9H10N3O. The van der Waals surface area contributed by atoms with Crippen LogP contribution < -0.4 is 11.1 Å². The Morgan fingerprint density at radius 2 is 2.62 bits per heavy atom. The van der Waals surface area contributed by atoms with Crippen molar-refractivity contribution in [3.8, 4) is 0 Å². The molecule has 0 aliphatic carbocycles. The lowest BCUT2D eigenvalue weighted by Crippen LogP contribution is -2.24. The Morgan fingerprint density at radius 1 is 1.85 bits per heavy atom. The molecule has 4 heteroatoms. The Balaban J connectivity index is 2.76. The number of rotatable bonds is 3. The van der Waals surface area contributed by atoms with Gasteiger partial charge < -0.3 is 11.1 Å². The Labute approximate surface area is 76.5 Å². The fraction of sp³-hybridized carbons (Fsp3) is 0.111. The molecule has 0 bridgehead atoms. The standard InChI is InChI=1S/C9H10N3O/c1-2-4-12-9(13)7-6-11-5-3-8(7)10/h2-3,5H,1,4H2,(H2,10,11)(H,12,13). The van der Waals surface area contributed by atoms with Gasteiger partial charge in [-0.25, -0.2) is 0 Å². The number of hydrogen-bond donors (Lipinski definition) is 2. The van der Waals surface area contributed by atoms with E-state index in [1.807, 2.05) is 0 Å². The summed E-state index contributed by atoms with van der Waals surface area (Å²) in [5.74, 6) is -0.287. The average molecular weight is 176 g/mol. The molecule has 3 N–H and O–H groups in total. The van der Waals surface area contributed by atoms with E-state index in [-0.39, 0.29) is 11.5 Å². The van der Waals surface area contributed by atoms with Crippen molar-refractivity contribution in [2.45, 2.75) is 0 Å². The van der Waals surface area contributed by atoms with Crippen molar-refractivity contribution < 1.29 is 4.79 Å². The first-order valence-electron chi connectivity index (χ1n) is 3.77. The highest BCUT2D eigenvalue weighted by molar-refractivity contribution is 5.98. The van der Waals surface area contributed by atoms with E-state index in [2.05, 4.69) is 23.1 Å². The van der Waals surface area contributed by atoms with Crippen LogP contribution in [0.1, 0.15) is 10.4 Å². The van der Waals surface area contributed by atoms with Gasteiger partial charge in [-0.15, -0.1) is 6.58 Å². The number of nitrogens with two attached hydrogens (primary N) is 1. The third-order valence-corrected chi connectivity index (χ3v) is 1.43. The van der Waals surface area contributed by atoms with Gasteiger partial charge in [0.15, 0.2) is 0 Å². The first-order valence-corrected chi connectivity index (χ1v) is 3.77. The van der Waals surface area contributed by atoms with Gasteiger partial charge in [-0.05, 0) is 6.07 Å². The summed E-state index contributed by atoms with van der Waals surface area (Å²) in [5.41, 5.74) is 6.18. The SMILES string of the molecule is C=CCNC(=O)c1[c]nccc1N. The van der Waals surface area contributed by atoms with Gasteiger partial charge in [0.2, 0.25) is 0 Å². The molecule has 67 valence electrons. The van der Waals surface area contributed by atoms with Crippen LogP contribution in [0.2, 0.25) is 0 Å². The number of nitrogens with one attached hydrogen (secondary N) is 1. The molecule has 0 aliphatic heterocycles. The number of nitrogens with zero attached hydrogens (tertiary/aromatic N) is 1. The normalized spacial score (nSPS) is 9.23. The molecule has 4 nitrogen and oxygen atoms in total. The maximum atomic E-state index is 11.3. The van der Waals surface area contributed by atoms with Crippen LogP contribution in [-0.2, 0) is 0 Å². The molecule has 0 fully saturated rings. The molecule has 0 saturated carbocycles. The molecule has 0 spiro atoms. The molecule has 1 rings (SSSR count). The summed E-state index contributed by atoms with van der Waals surface area (Å²) < 4.78 is 0. The second-order valence-corrected chi connectivity index (χ2v) is 2.39. The highest BCUT2D eigenvalue weighted by Gasteiger charge is 2.07. The number of hydrogen-bond acceptors (Lipinski definition) is 3. The lowest BCUT2D eigenvalue weighted by atomic mass is 10.2. The van der Waals surface area contributed by atoms with E-state index in [1.54, 1.807) is 12.1 Å². The van der Waals surface area contributed by atoms with Crippen LogP contribution in [0.25, 0.3) is 0 Å². The molecule has 1 aromatic rings. The van der Waals surface area contributed by atoms with Crippen molar-refractivity contribution in [3.63, 3.8) is 0 Å². The van der Waals surface area contributed by atoms with Gasteiger partial charge in [0.05, 0.1) is 5.56 Å². The molecule has 0 unspecified atom stereocenters. The van der Waals surface area contributed by atoms with Gasteiger partial charge >= 0.3 is 0 Å². The monoisotopic (exact) mass is 176 g/mol. The van der Waals surface area contributed by atoms with Crippen LogP contribution in [-0.4, -0.2) is 17.4 Å². The number of pyridine rings is 1. The maximum Gasteiger partial charge on any atom is 0.255 e. The molecule has 0 aliphatic rings. The van der Waals surface area contributed by atoms with Crippen LogP contribution in [0.15, 0.2) is 24.9 Å². The highest BCUT2D eigenvalue weighted by atomic mass is 16.1. The number of carbonyl (C=O) groups excluding carboxylic acids is 1. The van der Waals surface area contributed by atoms with Gasteiger partial charge in [0.25, 0.3) is 5.91 Å². The molecule has 0 atom stereocenters. The fourth-order valence-electron chi connectivity index (χ4n) is 0.802. The van der Waals surface area contributed by atoms with Crippen LogP contribution in [0.5, 0.6) is 0 Å². The molecule has 1 amide bonds. The first-order chi connectivity index (χ1) is 6.25. The number of aromatic nitrogens is 1. The van der Waals surface area contributed by atoms with Gasteiger partial charge in [-0.1, -0.05) is 6.08 Å². The first kappa shape index (κ1) is 9.25. The molecule has 1 radical (unpaired) electrons. The van der Waals surface area contributed by atoms with E-state index in [4.69, 9.17) is 5.73 Å².